The van der Waals surface area contributed by atoms with Crippen LogP contribution in [0.5, 0.6) is 0 Å². The van der Waals surface area contributed by atoms with Gasteiger partial charge in [-0.15, -0.1) is 0 Å². The number of aliphatic carboxylic acids is 1. The van der Waals surface area contributed by atoms with E-state index in [0.29, 0.717) is 19.3 Å². The maximum absolute atomic E-state index is 11.0. The first-order valence-corrected chi connectivity index (χ1v) is 8.55. The number of nitrogens with two attached hydrogens (primary N) is 1. The second kappa shape index (κ2) is 18.6. The van der Waals surface area contributed by atoms with Gasteiger partial charge in [0, 0.05) is 26.3 Å². The van der Waals surface area contributed by atoms with Gasteiger partial charge in [-0.1, -0.05) is 6.92 Å². The molecule has 0 bridgehead atoms. The zero-order valence-electron chi connectivity index (χ0n) is 17.9. The van der Waals surface area contributed by atoms with Gasteiger partial charge in [0.25, 0.3) is 0 Å². The highest BCUT2D eigenvalue weighted by molar-refractivity contribution is 5.73. The first-order valence-electron chi connectivity index (χ1n) is 8.55. The standard InChI is InChI=1S/C9H16O4.C4H10O.C3H7NO.C2H5NO/c1-9(2,3)13-8(12)6-4-5-7(10)11;1-4(2,3)5;1-2-3(4)5;1-3-2-4/h4-6H2,1-3H3,(H,10,11);5H,1-3H3;2H2,1H3,(H2,4,5);2H,1H3,(H,3,4). The number of carboxylic acid groups (broad SMARTS) is 1. The van der Waals surface area contributed by atoms with Crippen molar-refractivity contribution in [3.63, 3.8) is 0 Å². The van der Waals surface area contributed by atoms with Crippen LogP contribution < -0.4 is 11.1 Å². The second-order valence-corrected chi connectivity index (χ2v) is 7.23. The molecule has 0 aliphatic heterocycles. The van der Waals surface area contributed by atoms with Gasteiger partial charge in [0.15, 0.2) is 0 Å². The average Bonchev–Trinajstić information content (AvgIpc) is 2.44. The van der Waals surface area contributed by atoms with Crippen molar-refractivity contribution < 1.29 is 34.1 Å². The van der Waals surface area contributed by atoms with E-state index in [9.17, 15) is 14.4 Å². The van der Waals surface area contributed by atoms with Gasteiger partial charge in [0.05, 0.1) is 5.60 Å². The first-order chi connectivity index (χ1) is 12.0. The van der Waals surface area contributed by atoms with Gasteiger partial charge < -0.3 is 26.0 Å². The number of rotatable bonds is 6. The summed E-state index contributed by atoms with van der Waals surface area (Å²) in [4.78, 5) is 39.8. The van der Waals surface area contributed by atoms with Crippen molar-refractivity contribution in [2.75, 3.05) is 7.05 Å². The lowest BCUT2D eigenvalue weighted by molar-refractivity contribution is -0.155. The molecule has 9 heteroatoms. The molecule has 0 aromatic heterocycles. The fourth-order valence-corrected chi connectivity index (χ4v) is 0.776. The first kappa shape index (κ1) is 32.5. The third kappa shape index (κ3) is 81.1. The Hall–Kier alpha value is -2.16. The number of hydrogen-bond acceptors (Lipinski definition) is 6. The largest absolute Gasteiger partial charge is 0.481 e. The quantitative estimate of drug-likeness (QED) is 0.394. The monoisotopic (exact) mass is 394 g/mol. The fraction of sp³-hybridized carbons (Fsp3) is 0.778. The number of carbonyl (C=O) groups excluding carboxylic acids is 3. The second-order valence-electron chi connectivity index (χ2n) is 7.23. The number of amides is 2. The minimum atomic E-state index is -0.886. The van der Waals surface area contributed by atoms with Gasteiger partial charge in [0.1, 0.15) is 5.60 Å². The van der Waals surface area contributed by atoms with Gasteiger partial charge in [-0.05, 0) is 48.0 Å². The molecule has 0 heterocycles. The summed E-state index contributed by atoms with van der Waals surface area (Å²) in [6.45, 7) is 12.3. The lowest BCUT2D eigenvalue weighted by atomic mass is 10.2. The van der Waals surface area contributed by atoms with Gasteiger partial charge >= 0.3 is 11.9 Å². The maximum atomic E-state index is 11.0. The van der Waals surface area contributed by atoms with Crippen molar-refractivity contribution in [2.24, 2.45) is 5.73 Å². The third-order valence-corrected chi connectivity index (χ3v) is 1.66. The van der Waals surface area contributed by atoms with E-state index in [-0.39, 0.29) is 24.7 Å². The molecule has 0 aromatic carbocycles. The Morgan fingerprint density at radius 1 is 1.07 bits per heavy atom. The number of ether oxygens (including phenoxy) is 1. The van der Waals surface area contributed by atoms with Crippen LogP contribution in [0.25, 0.3) is 0 Å². The molecule has 0 aromatic rings. The number of nitrogens with one attached hydrogen (secondary N) is 1. The lowest BCUT2D eigenvalue weighted by Gasteiger charge is -2.19. The van der Waals surface area contributed by atoms with Crippen LogP contribution in [-0.2, 0) is 23.9 Å². The van der Waals surface area contributed by atoms with E-state index < -0.39 is 17.2 Å². The molecule has 9 nitrogen and oxygen atoms in total. The molecular weight excluding hydrogens is 356 g/mol. The minimum absolute atomic E-state index is 0.0131. The number of carboxylic acids is 1. The Labute approximate surface area is 162 Å². The number of primary amides is 1. The van der Waals surface area contributed by atoms with Crippen LogP contribution in [0.15, 0.2) is 0 Å². The Balaban J connectivity index is -0.000000155. The maximum Gasteiger partial charge on any atom is 0.306 e. The van der Waals surface area contributed by atoms with Gasteiger partial charge in [0.2, 0.25) is 12.3 Å². The van der Waals surface area contributed by atoms with E-state index in [4.69, 9.17) is 19.7 Å². The van der Waals surface area contributed by atoms with Crippen LogP contribution in [0, 0.1) is 0 Å². The molecule has 0 saturated heterocycles. The number of carbonyl (C=O) groups is 4. The van der Waals surface area contributed by atoms with Crippen molar-refractivity contribution >= 4 is 24.3 Å². The molecule has 0 unspecified atom stereocenters. The van der Waals surface area contributed by atoms with E-state index in [1.807, 2.05) is 0 Å². The highest BCUT2D eigenvalue weighted by Crippen LogP contribution is 2.09. The molecule has 0 radical (unpaired) electrons. The molecule has 0 aliphatic carbocycles. The summed E-state index contributed by atoms with van der Waals surface area (Å²) in [6.07, 6.45) is 1.59. The topological polar surface area (TPSA) is 156 Å². The van der Waals surface area contributed by atoms with Crippen molar-refractivity contribution in [3.05, 3.63) is 0 Å². The van der Waals surface area contributed by atoms with E-state index >= 15 is 0 Å². The molecular formula is C18H38N2O7. The summed E-state index contributed by atoms with van der Waals surface area (Å²) in [5.74, 6) is -1.47. The van der Waals surface area contributed by atoms with E-state index in [1.54, 1.807) is 55.5 Å². The Morgan fingerprint density at radius 2 is 1.41 bits per heavy atom. The zero-order valence-corrected chi connectivity index (χ0v) is 17.9. The Bertz CT molecular complexity index is 405. The van der Waals surface area contributed by atoms with Crippen LogP contribution in [0.3, 0.4) is 0 Å². The molecule has 0 spiro atoms. The predicted octanol–water partition coefficient (Wildman–Crippen LogP) is 1.60. The molecule has 0 aliphatic rings. The molecule has 0 atom stereocenters. The van der Waals surface area contributed by atoms with Gasteiger partial charge in [-0.2, -0.15) is 0 Å². The van der Waals surface area contributed by atoms with E-state index in [0.717, 1.165) is 0 Å². The average molecular weight is 395 g/mol. The summed E-state index contributed by atoms with van der Waals surface area (Å²) in [5, 5.41) is 19.1. The van der Waals surface area contributed by atoms with Crippen LogP contribution in [0.4, 0.5) is 0 Å². The minimum Gasteiger partial charge on any atom is -0.481 e. The number of hydrogen-bond donors (Lipinski definition) is 4. The number of esters is 1. The third-order valence-electron chi connectivity index (χ3n) is 1.66. The summed E-state index contributed by atoms with van der Waals surface area (Å²) >= 11 is 0. The summed E-state index contributed by atoms with van der Waals surface area (Å²) in [5.41, 5.74) is 3.67. The SMILES string of the molecule is CC(C)(C)O.CC(C)(C)OC(=O)CCCC(=O)O.CCC(N)=O.CNC=O. The smallest absolute Gasteiger partial charge is 0.306 e. The Morgan fingerprint density at radius 3 is 1.59 bits per heavy atom. The molecule has 0 saturated carbocycles. The predicted molar refractivity (Wildman–Crippen MR) is 104 cm³/mol. The summed E-state index contributed by atoms with van der Waals surface area (Å²) in [7, 11) is 1.56. The Kier molecular flexibility index (Phi) is 22.4. The van der Waals surface area contributed by atoms with Crippen LogP contribution in [-0.4, -0.2) is 52.7 Å². The normalized spacial score (nSPS) is 9.67. The highest BCUT2D eigenvalue weighted by Gasteiger charge is 2.15. The van der Waals surface area contributed by atoms with Gasteiger partial charge in [-0.25, -0.2) is 0 Å². The van der Waals surface area contributed by atoms with Crippen LogP contribution >= 0.6 is 0 Å². The van der Waals surface area contributed by atoms with E-state index in [2.05, 4.69) is 11.1 Å². The fourth-order valence-electron chi connectivity index (χ4n) is 0.776. The highest BCUT2D eigenvalue weighted by atomic mass is 16.6. The van der Waals surface area contributed by atoms with E-state index in [1.165, 1.54) is 0 Å². The van der Waals surface area contributed by atoms with Crippen LogP contribution in [0.1, 0.15) is 74.1 Å². The van der Waals surface area contributed by atoms with Crippen molar-refractivity contribution in [1.82, 2.24) is 5.32 Å². The molecule has 0 rings (SSSR count). The zero-order chi connectivity index (χ0) is 22.7. The molecule has 5 N–H and O–H groups in total. The molecule has 27 heavy (non-hydrogen) atoms. The van der Waals surface area contributed by atoms with Crippen molar-refractivity contribution in [1.29, 1.82) is 0 Å². The molecule has 0 fully saturated rings. The van der Waals surface area contributed by atoms with Crippen molar-refractivity contribution in [2.45, 2.75) is 85.4 Å². The van der Waals surface area contributed by atoms with Crippen molar-refractivity contribution in [3.8, 4) is 0 Å². The van der Waals surface area contributed by atoms with Crippen LogP contribution in [0.2, 0.25) is 0 Å². The van der Waals surface area contributed by atoms with Gasteiger partial charge in [-0.3, -0.25) is 19.2 Å². The molecule has 2 amide bonds. The molecule has 162 valence electrons. The lowest BCUT2D eigenvalue weighted by Crippen LogP contribution is -2.23. The number of aliphatic hydroxyl groups is 1. The summed E-state index contributed by atoms with van der Waals surface area (Å²) < 4.78 is 4.99. The summed E-state index contributed by atoms with van der Waals surface area (Å²) in [6, 6.07) is 0.